The molecule has 2 aromatic rings. The summed E-state index contributed by atoms with van der Waals surface area (Å²) in [6, 6.07) is 12.4. The number of hydrogen-bond donors (Lipinski definition) is 1. The van der Waals surface area contributed by atoms with Crippen LogP contribution in [0.5, 0.6) is 0 Å². The van der Waals surface area contributed by atoms with Crippen LogP contribution in [0.3, 0.4) is 0 Å². The minimum atomic E-state index is -3.58. The molecule has 8 heteroatoms. The van der Waals surface area contributed by atoms with E-state index in [1.54, 1.807) is 28.6 Å². The van der Waals surface area contributed by atoms with Crippen LogP contribution in [0.15, 0.2) is 53.4 Å². The van der Waals surface area contributed by atoms with Crippen molar-refractivity contribution in [3.8, 4) is 0 Å². The van der Waals surface area contributed by atoms with E-state index in [1.165, 1.54) is 24.3 Å². The predicted molar refractivity (Wildman–Crippen MR) is 123 cm³/mol. The van der Waals surface area contributed by atoms with Crippen LogP contribution >= 0.6 is 0 Å². The van der Waals surface area contributed by atoms with Crippen molar-refractivity contribution in [2.75, 3.05) is 18.5 Å². The molecule has 0 saturated carbocycles. The molecule has 1 aliphatic rings. The smallest absolute Gasteiger partial charge is 0.338 e. The molecule has 1 N–H and O–H groups in total. The molecule has 0 spiro atoms. The Morgan fingerprint density at radius 1 is 1.03 bits per heavy atom. The van der Waals surface area contributed by atoms with E-state index in [1.807, 2.05) is 13.8 Å². The zero-order chi connectivity index (χ0) is 23.1. The molecule has 1 atom stereocenters. The van der Waals surface area contributed by atoms with Gasteiger partial charge in [-0.25, -0.2) is 13.2 Å². The number of carbonyl (C=O) groups excluding carboxylic acids is 2. The minimum Gasteiger partial charge on any atom is -0.462 e. The zero-order valence-corrected chi connectivity index (χ0v) is 19.4. The first kappa shape index (κ1) is 23.9. The summed E-state index contributed by atoms with van der Waals surface area (Å²) in [7, 11) is -3.58. The van der Waals surface area contributed by atoms with Gasteiger partial charge in [0.2, 0.25) is 10.0 Å². The second kappa shape index (κ2) is 10.7. The molecule has 32 heavy (non-hydrogen) atoms. The van der Waals surface area contributed by atoms with E-state index in [0.717, 1.165) is 32.1 Å². The Hall–Kier alpha value is -2.71. The number of ether oxygens (including phenoxy) is 1. The van der Waals surface area contributed by atoms with Gasteiger partial charge >= 0.3 is 5.97 Å². The lowest BCUT2D eigenvalue weighted by molar-refractivity contribution is 0.0499. The van der Waals surface area contributed by atoms with Gasteiger partial charge in [-0.05, 0) is 74.7 Å². The number of sulfonamides is 1. The maximum Gasteiger partial charge on any atom is 0.338 e. The van der Waals surface area contributed by atoms with Crippen LogP contribution in [0.1, 0.15) is 66.7 Å². The molecule has 3 rings (SSSR count). The fourth-order valence-electron chi connectivity index (χ4n) is 3.63. The average molecular weight is 459 g/mol. The van der Waals surface area contributed by atoms with E-state index < -0.39 is 16.0 Å². The maximum absolute atomic E-state index is 12.9. The van der Waals surface area contributed by atoms with Gasteiger partial charge in [0.05, 0.1) is 17.1 Å². The monoisotopic (exact) mass is 458 g/mol. The lowest BCUT2D eigenvalue weighted by Crippen LogP contribution is -2.41. The summed E-state index contributed by atoms with van der Waals surface area (Å²) in [6.45, 7) is 4.85. The topological polar surface area (TPSA) is 92.8 Å². The number of nitrogens with one attached hydrogen (secondary N) is 1. The van der Waals surface area contributed by atoms with Gasteiger partial charge in [-0.3, -0.25) is 4.79 Å². The molecule has 1 heterocycles. The fourth-order valence-corrected chi connectivity index (χ4v) is 5.33. The first-order chi connectivity index (χ1) is 15.3. The highest BCUT2D eigenvalue weighted by atomic mass is 32.2. The Morgan fingerprint density at radius 3 is 2.31 bits per heavy atom. The van der Waals surface area contributed by atoms with Crippen LogP contribution in [0.4, 0.5) is 5.69 Å². The molecule has 1 unspecified atom stereocenters. The number of unbranched alkanes of at least 4 members (excludes halogenated alkanes) is 1. The highest BCUT2D eigenvalue weighted by Crippen LogP contribution is 2.25. The Bertz CT molecular complexity index is 1030. The summed E-state index contributed by atoms with van der Waals surface area (Å²) in [5, 5.41) is 2.75. The first-order valence-electron chi connectivity index (χ1n) is 11.0. The molecule has 2 aromatic carbocycles. The summed E-state index contributed by atoms with van der Waals surface area (Å²) in [5.74, 6) is -0.755. The predicted octanol–water partition coefficient (Wildman–Crippen LogP) is 4.46. The SMILES string of the molecule is CCCCOC(=O)c1ccc(NC(=O)c2ccc(S(=O)(=O)N3CCCCC3C)cc2)cc1. The van der Waals surface area contributed by atoms with Gasteiger partial charge in [0, 0.05) is 23.8 Å². The molecule has 0 aliphatic carbocycles. The lowest BCUT2D eigenvalue weighted by atomic mass is 10.1. The number of carbonyl (C=O) groups is 2. The molecule has 1 amide bonds. The third kappa shape index (κ3) is 5.75. The van der Waals surface area contributed by atoms with Crippen LogP contribution in [0, 0.1) is 0 Å². The fraction of sp³-hybridized carbons (Fsp3) is 0.417. The largest absolute Gasteiger partial charge is 0.462 e. The van der Waals surface area contributed by atoms with Crippen molar-refractivity contribution in [3.63, 3.8) is 0 Å². The summed E-state index contributed by atoms with van der Waals surface area (Å²) < 4.78 is 32.6. The molecule has 0 aromatic heterocycles. The van der Waals surface area contributed by atoms with Crippen molar-refractivity contribution in [3.05, 3.63) is 59.7 Å². The van der Waals surface area contributed by atoms with E-state index in [-0.39, 0.29) is 16.8 Å². The summed E-state index contributed by atoms with van der Waals surface area (Å²) in [5.41, 5.74) is 1.29. The summed E-state index contributed by atoms with van der Waals surface area (Å²) in [4.78, 5) is 24.7. The van der Waals surface area contributed by atoms with Crippen molar-refractivity contribution < 1.29 is 22.7 Å². The van der Waals surface area contributed by atoms with Crippen LogP contribution in [-0.2, 0) is 14.8 Å². The molecule has 1 saturated heterocycles. The van der Waals surface area contributed by atoms with E-state index >= 15 is 0 Å². The molecule has 7 nitrogen and oxygen atoms in total. The van der Waals surface area contributed by atoms with Crippen LogP contribution in [-0.4, -0.2) is 43.8 Å². The molecular weight excluding hydrogens is 428 g/mol. The molecule has 0 bridgehead atoms. The van der Waals surface area contributed by atoms with Gasteiger partial charge in [0.1, 0.15) is 0 Å². The number of rotatable bonds is 8. The Morgan fingerprint density at radius 2 is 1.69 bits per heavy atom. The van der Waals surface area contributed by atoms with Crippen LogP contribution in [0.2, 0.25) is 0 Å². The normalized spacial score (nSPS) is 17.0. The lowest BCUT2D eigenvalue weighted by Gasteiger charge is -2.32. The minimum absolute atomic E-state index is 0.0244. The second-order valence-electron chi connectivity index (χ2n) is 8.01. The quantitative estimate of drug-likeness (QED) is 0.466. The Labute approximate surface area is 189 Å². The van der Waals surface area contributed by atoms with Crippen molar-refractivity contribution in [2.24, 2.45) is 0 Å². The number of esters is 1. The number of benzene rings is 2. The van der Waals surface area contributed by atoms with Gasteiger partial charge in [0.15, 0.2) is 0 Å². The van der Waals surface area contributed by atoms with Gasteiger partial charge in [-0.15, -0.1) is 0 Å². The number of nitrogens with zero attached hydrogens (tertiary/aromatic N) is 1. The van der Waals surface area contributed by atoms with Gasteiger partial charge < -0.3 is 10.1 Å². The molecule has 172 valence electrons. The Balaban J connectivity index is 1.63. The number of piperidine rings is 1. The molecule has 1 aliphatic heterocycles. The molecule has 0 radical (unpaired) electrons. The third-order valence-electron chi connectivity index (χ3n) is 5.57. The van der Waals surface area contributed by atoms with E-state index in [4.69, 9.17) is 4.74 Å². The molecular formula is C24H30N2O5S. The van der Waals surface area contributed by atoms with E-state index in [2.05, 4.69) is 5.32 Å². The third-order valence-corrected chi connectivity index (χ3v) is 7.60. The molecule has 1 fully saturated rings. The Kier molecular flexibility index (Phi) is 8.04. The number of hydrogen-bond acceptors (Lipinski definition) is 5. The van der Waals surface area contributed by atoms with Crippen molar-refractivity contribution >= 4 is 27.6 Å². The van der Waals surface area contributed by atoms with Crippen molar-refractivity contribution in [2.45, 2.75) is 56.9 Å². The van der Waals surface area contributed by atoms with Crippen molar-refractivity contribution in [1.82, 2.24) is 4.31 Å². The maximum atomic E-state index is 12.9. The van der Waals surface area contributed by atoms with E-state index in [9.17, 15) is 18.0 Å². The van der Waals surface area contributed by atoms with Gasteiger partial charge in [0.25, 0.3) is 5.91 Å². The number of amides is 1. The highest BCUT2D eigenvalue weighted by Gasteiger charge is 2.30. The van der Waals surface area contributed by atoms with E-state index in [0.29, 0.717) is 30.0 Å². The summed E-state index contributed by atoms with van der Waals surface area (Å²) >= 11 is 0. The van der Waals surface area contributed by atoms with Gasteiger partial charge in [-0.1, -0.05) is 19.8 Å². The van der Waals surface area contributed by atoms with Gasteiger partial charge in [-0.2, -0.15) is 4.31 Å². The highest BCUT2D eigenvalue weighted by molar-refractivity contribution is 7.89. The van der Waals surface area contributed by atoms with Crippen LogP contribution < -0.4 is 5.32 Å². The van der Waals surface area contributed by atoms with Crippen molar-refractivity contribution in [1.29, 1.82) is 0 Å². The first-order valence-corrected chi connectivity index (χ1v) is 12.5. The standard InChI is InChI=1S/C24H30N2O5S/c1-3-4-17-31-24(28)20-8-12-21(13-9-20)25-23(27)19-10-14-22(15-11-19)32(29,30)26-16-6-5-7-18(26)2/h8-15,18H,3-7,16-17H2,1-2H3,(H,25,27). The zero-order valence-electron chi connectivity index (χ0n) is 18.5. The summed E-state index contributed by atoms with van der Waals surface area (Å²) in [6.07, 6.45) is 4.52. The average Bonchev–Trinajstić information content (AvgIpc) is 2.80. The number of anilines is 1. The van der Waals surface area contributed by atoms with Crippen LogP contribution in [0.25, 0.3) is 0 Å². The second-order valence-corrected chi connectivity index (χ2v) is 9.90.